The molecule has 0 aliphatic carbocycles. The Kier molecular flexibility index (Phi) is 4.74. The van der Waals surface area contributed by atoms with Crippen molar-refractivity contribution in [3.05, 3.63) is 24.0 Å². The van der Waals surface area contributed by atoms with E-state index >= 15 is 0 Å². The number of hydrogen-bond acceptors (Lipinski definition) is 4. The molecule has 0 spiro atoms. The van der Waals surface area contributed by atoms with E-state index in [0.29, 0.717) is 12.2 Å². The topological polar surface area (TPSA) is 109 Å². The molecule has 5 N–H and O–H groups in total. The zero-order valence-corrected chi connectivity index (χ0v) is 9.49. The molecule has 1 aromatic heterocycles. The second-order valence-electron chi connectivity index (χ2n) is 3.23. The van der Waals surface area contributed by atoms with E-state index in [1.54, 1.807) is 25.4 Å². The van der Waals surface area contributed by atoms with Crippen molar-refractivity contribution in [2.75, 3.05) is 25.5 Å². The molecule has 92 valence electrons. The highest BCUT2D eigenvalue weighted by Gasteiger charge is 2.06. The Balaban J connectivity index is 2.43. The van der Waals surface area contributed by atoms with Crippen molar-refractivity contribution in [1.29, 1.82) is 0 Å². The molecule has 1 heterocycles. The van der Waals surface area contributed by atoms with Gasteiger partial charge < -0.3 is 21.7 Å². The molecule has 0 aliphatic rings. The Bertz CT molecular complexity index is 407. The van der Waals surface area contributed by atoms with Crippen molar-refractivity contribution in [3.63, 3.8) is 0 Å². The van der Waals surface area contributed by atoms with Crippen molar-refractivity contribution >= 4 is 17.6 Å². The minimum atomic E-state index is -0.616. The summed E-state index contributed by atoms with van der Waals surface area (Å²) in [4.78, 5) is 25.9. The molecule has 7 nitrogen and oxygen atoms in total. The minimum Gasteiger partial charge on any atom is -0.388 e. The quantitative estimate of drug-likeness (QED) is 0.518. The van der Waals surface area contributed by atoms with Crippen LogP contribution in [-0.4, -0.2) is 37.1 Å². The van der Waals surface area contributed by atoms with Crippen molar-refractivity contribution in [2.24, 2.45) is 5.73 Å². The van der Waals surface area contributed by atoms with Gasteiger partial charge in [-0.1, -0.05) is 0 Å². The Morgan fingerprint density at radius 2 is 2.06 bits per heavy atom. The van der Waals surface area contributed by atoms with Gasteiger partial charge in [0.25, 0.3) is 5.91 Å². The standard InChI is InChI=1S/C10H15N5O2/c1-12-7-2-3-13-8(6-7)9(16)14-4-5-15-10(11)17/h2-3,6H,4-5H2,1H3,(H,12,13)(H,14,16)(H3,11,15,17). The van der Waals surface area contributed by atoms with Gasteiger partial charge in [0.1, 0.15) is 5.69 Å². The average Bonchev–Trinajstić information content (AvgIpc) is 2.34. The molecule has 0 atom stereocenters. The lowest BCUT2D eigenvalue weighted by molar-refractivity contribution is 0.0949. The SMILES string of the molecule is CNc1ccnc(C(=O)NCCNC(N)=O)c1. The van der Waals surface area contributed by atoms with Gasteiger partial charge in [-0.3, -0.25) is 9.78 Å². The summed E-state index contributed by atoms with van der Waals surface area (Å²) in [5.41, 5.74) is 6.00. The third-order valence-electron chi connectivity index (χ3n) is 1.99. The predicted molar refractivity (Wildman–Crippen MR) is 63.7 cm³/mol. The maximum absolute atomic E-state index is 11.6. The highest BCUT2D eigenvalue weighted by molar-refractivity contribution is 5.93. The zero-order chi connectivity index (χ0) is 12.7. The number of urea groups is 1. The Hall–Kier alpha value is -2.31. The predicted octanol–water partition coefficient (Wildman–Crippen LogP) is -0.479. The van der Waals surface area contributed by atoms with Gasteiger partial charge in [-0.15, -0.1) is 0 Å². The molecule has 1 rings (SSSR count). The third kappa shape index (κ3) is 4.37. The number of amides is 3. The molecule has 0 radical (unpaired) electrons. The molecular formula is C10H15N5O2. The van der Waals surface area contributed by atoms with Crippen LogP contribution < -0.4 is 21.7 Å². The molecule has 1 aromatic rings. The van der Waals surface area contributed by atoms with Crippen molar-refractivity contribution in [3.8, 4) is 0 Å². The average molecular weight is 237 g/mol. The summed E-state index contributed by atoms with van der Waals surface area (Å²) in [5.74, 6) is -0.298. The first kappa shape index (κ1) is 12.8. The largest absolute Gasteiger partial charge is 0.388 e. The summed E-state index contributed by atoms with van der Waals surface area (Å²) >= 11 is 0. The van der Waals surface area contributed by atoms with Crippen molar-refractivity contribution < 1.29 is 9.59 Å². The zero-order valence-electron chi connectivity index (χ0n) is 9.49. The summed E-state index contributed by atoms with van der Waals surface area (Å²) in [7, 11) is 1.76. The molecular weight excluding hydrogens is 222 g/mol. The number of rotatable bonds is 5. The first-order valence-electron chi connectivity index (χ1n) is 5.09. The fourth-order valence-corrected chi connectivity index (χ4v) is 1.16. The van der Waals surface area contributed by atoms with Crippen LogP contribution in [0.1, 0.15) is 10.5 Å². The highest BCUT2D eigenvalue weighted by atomic mass is 16.2. The van der Waals surface area contributed by atoms with E-state index < -0.39 is 6.03 Å². The van der Waals surface area contributed by atoms with Crippen LogP contribution in [0.25, 0.3) is 0 Å². The van der Waals surface area contributed by atoms with Gasteiger partial charge in [0, 0.05) is 32.0 Å². The van der Waals surface area contributed by atoms with Crippen LogP contribution in [-0.2, 0) is 0 Å². The second kappa shape index (κ2) is 6.31. The van der Waals surface area contributed by atoms with E-state index in [1.807, 2.05) is 0 Å². The molecule has 0 bridgehead atoms. The van der Waals surface area contributed by atoms with Gasteiger partial charge in [0.05, 0.1) is 0 Å². The Labute approximate surface area is 98.8 Å². The Morgan fingerprint density at radius 3 is 2.71 bits per heavy atom. The fraction of sp³-hybridized carbons (Fsp3) is 0.300. The maximum atomic E-state index is 11.6. The van der Waals surface area contributed by atoms with Gasteiger partial charge >= 0.3 is 6.03 Å². The van der Waals surface area contributed by atoms with Gasteiger partial charge in [-0.25, -0.2) is 4.79 Å². The molecule has 17 heavy (non-hydrogen) atoms. The van der Waals surface area contributed by atoms with Gasteiger partial charge in [-0.05, 0) is 12.1 Å². The van der Waals surface area contributed by atoms with E-state index in [2.05, 4.69) is 20.9 Å². The summed E-state index contributed by atoms with van der Waals surface area (Å²) < 4.78 is 0. The molecule has 0 aromatic carbocycles. The van der Waals surface area contributed by atoms with Crippen LogP contribution in [0.2, 0.25) is 0 Å². The number of anilines is 1. The van der Waals surface area contributed by atoms with E-state index in [1.165, 1.54) is 0 Å². The molecule has 7 heteroatoms. The second-order valence-corrected chi connectivity index (χ2v) is 3.23. The first-order valence-corrected chi connectivity index (χ1v) is 5.09. The lowest BCUT2D eigenvalue weighted by Crippen LogP contribution is -2.37. The van der Waals surface area contributed by atoms with Crippen LogP contribution in [0.5, 0.6) is 0 Å². The van der Waals surface area contributed by atoms with Gasteiger partial charge in [0.2, 0.25) is 0 Å². The number of nitrogens with zero attached hydrogens (tertiary/aromatic N) is 1. The van der Waals surface area contributed by atoms with Gasteiger partial charge in [0.15, 0.2) is 0 Å². The minimum absolute atomic E-state index is 0.285. The molecule has 0 saturated heterocycles. The summed E-state index contributed by atoms with van der Waals surface area (Å²) in [5, 5.41) is 7.88. The van der Waals surface area contributed by atoms with Gasteiger partial charge in [-0.2, -0.15) is 0 Å². The lowest BCUT2D eigenvalue weighted by atomic mass is 10.3. The normalized spacial score (nSPS) is 9.47. The fourth-order valence-electron chi connectivity index (χ4n) is 1.16. The Morgan fingerprint density at radius 1 is 1.35 bits per heavy atom. The number of carbonyl (C=O) groups is 2. The van der Waals surface area contributed by atoms with Crippen LogP contribution in [0.3, 0.4) is 0 Å². The lowest BCUT2D eigenvalue weighted by Gasteiger charge is -2.06. The van der Waals surface area contributed by atoms with E-state index in [-0.39, 0.29) is 12.5 Å². The number of carbonyl (C=O) groups excluding carboxylic acids is 2. The molecule has 0 unspecified atom stereocenters. The van der Waals surface area contributed by atoms with Crippen LogP contribution >= 0.6 is 0 Å². The number of nitrogens with two attached hydrogens (primary N) is 1. The van der Waals surface area contributed by atoms with Crippen LogP contribution in [0, 0.1) is 0 Å². The molecule has 3 amide bonds. The molecule has 0 saturated carbocycles. The number of nitrogens with one attached hydrogen (secondary N) is 3. The summed E-state index contributed by atoms with van der Waals surface area (Å²) in [6, 6.07) is 2.77. The number of pyridine rings is 1. The van der Waals surface area contributed by atoms with Crippen molar-refractivity contribution in [2.45, 2.75) is 0 Å². The van der Waals surface area contributed by atoms with E-state index in [0.717, 1.165) is 5.69 Å². The number of aromatic nitrogens is 1. The smallest absolute Gasteiger partial charge is 0.312 e. The summed E-state index contributed by atoms with van der Waals surface area (Å²) in [6.07, 6.45) is 1.54. The summed E-state index contributed by atoms with van der Waals surface area (Å²) in [6.45, 7) is 0.583. The monoisotopic (exact) mass is 237 g/mol. The first-order chi connectivity index (χ1) is 8.13. The number of primary amides is 1. The van der Waals surface area contributed by atoms with Crippen LogP contribution in [0.4, 0.5) is 10.5 Å². The highest BCUT2D eigenvalue weighted by Crippen LogP contribution is 2.06. The molecule has 0 aliphatic heterocycles. The number of hydrogen-bond donors (Lipinski definition) is 4. The van der Waals surface area contributed by atoms with E-state index in [4.69, 9.17) is 5.73 Å². The van der Waals surface area contributed by atoms with E-state index in [9.17, 15) is 9.59 Å². The maximum Gasteiger partial charge on any atom is 0.312 e. The third-order valence-corrected chi connectivity index (χ3v) is 1.99. The van der Waals surface area contributed by atoms with Crippen molar-refractivity contribution in [1.82, 2.24) is 15.6 Å². The van der Waals surface area contributed by atoms with Crippen LogP contribution in [0.15, 0.2) is 18.3 Å². The molecule has 0 fully saturated rings.